The number of hydrogen-bond acceptors (Lipinski definition) is 5. The molecule has 0 saturated heterocycles. The normalized spacial score (nSPS) is 10.7. The molecule has 0 amide bonds. The van der Waals surface area contributed by atoms with Crippen LogP contribution >= 0.6 is 0 Å². The minimum absolute atomic E-state index is 0.130. The lowest BCUT2D eigenvalue weighted by Gasteiger charge is -2.05. The van der Waals surface area contributed by atoms with Crippen LogP contribution in [0.2, 0.25) is 0 Å². The molecule has 0 aliphatic heterocycles. The van der Waals surface area contributed by atoms with Crippen LogP contribution in [0.4, 0.5) is 5.82 Å². The van der Waals surface area contributed by atoms with E-state index in [1.54, 1.807) is 12.3 Å². The largest absolute Gasteiger partial charge is 0.506 e. The van der Waals surface area contributed by atoms with Crippen LogP contribution in [-0.2, 0) is 0 Å². The van der Waals surface area contributed by atoms with Gasteiger partial charge < -0.3 is 10.8 Å². The van der Waals surface area contributed by atoms with E-state index in [2.05, 4.69) is 15.0 Å². The molecule has 0 fully saturated rings. The van der Waals surface area contributed by atoms with E-state index < -0.39 is 0 Å². The van der Waals surface area contributed by atoms with Crippen molar-refractivity contribution >= 4 is 16.7 Å². The van der Waals surface area contributed by atoms with Crippen LogP contribution < -0.4 is 5.73 Å². The van der Waals surface area contributed by atoms with Crippen molar-refractivity contribution in [3.05, 3.63) is 43.0 Å². The van der Waals surface area contributed by atoms with Crippen molar-refractivity contribution in [2.75, 3.05) is 5.73 Å². The summed E-state index contributed by atoms with van der Waals surface area (Å²) in [4.78, 5) is 12.1. The Morgan fingerprint density at radius 1 is 1.00 bits per heavy atom. The summed E-state index contributed by atoms with van der Waals surface area (Å²) >= 11 is 0. The van der Waals surface area contributed by atoms with E-state index in [0.29, 0.717) is 5.82 Å². The highest BCUT2D eigenvalue weighted by Crippen LogP contribution is 2.26. The summed E-state index contributed by atoms with van der Waals surface area (Å²) in [5.74, 6) is 0.569. The van der Waals surface area contributed by atoms with Crippen LogP contribution in [0.3, 0.4) is 0 Å². The SMILES string of the molecule is Nc1ncnc2ccc(-c3cncc(O)c3)cc12. The Bertz CT molecular complexity index is 727. The van der Waals surface area contributed by atoms with Gasteiger partial charge in [0.15, 0.2) is 0 Å². The Labute approximate surface area is 103 Å². The summed E-state index contributed by atoms with van der Waals surface area (Å²) in [7, 11) is 0. The lowest BCUT2D eigenvalue weighted by atomic mass is 10.1. The highest BCUT2D eigenvalue weighted by atomic mass is 16.3. The average molecular weight is 238 g/mol. The van der Waals surface area contributed by atoms with E-state index in [-0.39, 0.29) is 5.75 Å². The molecule has 0 spiro atoms. The predicted octanol–water partition coefficient (Wildman–Crippen LogP) is 1.98. The molecule has 5 nitrogen and oxygen atoms in total. The minimum Gasteiger partial charge on any atom is -0.506 e. The van der Waals surface area contributed by atoms with Crippen molar-refractivity contribution in [2.24, 2.45) is 0 Å². The number of nitrogen functional groups attached to an aromatic ring is 1. The van der Waals surface area contributed by atoms with Crippen molar-refractivity contribution < 1.29 is 5.11 Å². The number of nitrogens with two attached hydrogens (primary N) is 1. The molecule has 3 N–H and O–H groups in total. The Kier molecular flexibility index (Phi) is 2.30. The first-order valence-corrected chi connectivity index (χ1v) is 5.39. The number of aromatic nitrogens is 3. The molecular formula is C13H10N4O. The number of benzene rings is 1. The highest BCUT2D eigenvalue weighted by Gasteiger charge is 2.04. The monoisotopic (exact) mass is 238 g/mol. The zero-order chi connectivity index (χ0) is 12.5. The lowest BCUT2D eigenvalue weighted by molar-refractivity contribution is 0.473. The number of rotatable bonds is 1. The van der Waals surface area contributed by atoms with Crippen LogP contribution in [-0.4, -0.2) is 20.1 Å². The van der Waals surface area contributed by atoms with Gasteiger partial charge in [0, 0.05) is 17.1 Å². The average Bonchev–Trinajstić information content (AvgIpc) is 2.39. The van der Waals surface area contributed by atoms with Crippen LogP contribution in [0.25, 0.3) is 22.0 Å². The maximum atomic E-state index is 9.43. The van der Waals surface area contributed by atoms with Gasteiger partial charge in [0.05, 0.1) is 11.7 Å². The molecule has 88 valence electrons. The van der Waals surface area contributed by atoms with Crippen molar-refractivity contribution in [1.82, 2.24) is 15.0 Å². The van der Waals surface area contributed by atoms with Gasteiger partial charge in [-0.3, -0.25) is 4.98 Å². The van der Waals surface area contributed by atoms with Crippen molar-refractivity contribution in [1.29, 1.82) is 0 Å². The Hall–Kier alpha value is -2.69. The molecule has 2 heterocycles. The van der Waals surface area contributed by atoms with Crippen molar-refractivity contribution in [3.8, 4) is 16.9 Å². The van der Waals surface area contributed by atoms with Gasteiger partial charge in [-0.25, -0.2) is 9.97 Å². The van der Waals surface area contributed by atoms with Gasteiger partial charge in [0.25, 0.3) is 0 Å². The third-order valence-electron chi connectivity index (χ3n) is 2.72. The topological polar surface area (TPSA) is 84.9 Å². The van der Waals surface area contributed by atoms with Crippen LogP contribution in [0.5, 0.6) is 5.75 Å². The van der Waals surface area contributed by atoms with E-state index in [1.165, 1.54) is 12.5 Å². The molecule has 0 aliphatic rings. The summed E-state index contributed by atoms with van der Waals surface area (Å²) in [6.45, 7) is 0. The summed E-state index contributed by atoms with van der Waals surface area (Å²) < 4.78 is 0. The van der Waals surface area contributed by atoms with Gasteiger partial charge in [-0.2, -0.15) is 0 Å². The second kappa shape index (κ2) is 3.96. The highest BCUT2D eigenvalue weighted by molar-refractivity contribution is 5.91. The van der Waals surface area contributed by atoms with E-state index in [9.17, 15) is 5.11 Å². The zero-order valence-electron chi connectivity index (χ0n) is 9.41. The summed E-state index contributed by atoms with van der Waals surface area (Å²) in [5.41, 5.74) is 8.34. The number of anilines is 1. The van der Waals surface area contributed by atoms with Gasteiger partial charge in [-0.1, -0.05) is 6.07 Å². The third kappa shape index (κ3) is 1.71. The number of aromatic hydroxyl groups is 1. The first kappa shape index (κ1) is 10.5. The molecular weight excluding hydrogens is 228 g/mol. The zero-order valence-corrected chi connectivity index (χ0v) is 9.41. The second-order valence-electron chi connectivity index (χ2n) is 3.92. The first-order chi connectivity index (χ1) is 8.74. The molecule has 3 rings (SSSR count). The van der Waals surface area contributed by atoms with Gasteiger partial charge >= 0.3 is 0 Å². The van der Waals surface area contributed by atoms with E-state index in [4.69, 9.17) is 5.73 Å². The second-order valence-corrected chi connectivity index (χ2v) is 3.92. The van der Waals surface area contributed by atoms with Crippen LogP contribution in [0, 0.1) is 0 Å². The number of pyridine rings is 1. The van der Waals surface area contributed by atoms with Crippen LogP contribution in [0.1, 0.15) is 0 Å². The molecule has 3 aromatic rings. The molecule has 1 aromatic carbocycles. The quantitative estimate of drug-likeness (QED) is 0.677. The number of nitrogens with zero attached hydrogens (tertiary/aromatic N) is 3. The van der Waals surface area contributed by atoms with Gasteiger partial charge in [-0.05, 0) is 23.8 Å². The summed E-state index contributed by atoms with van der Waals surface area (Å²) in [5, 5.41) is 10.2. The molecule has 0 bridgehead atoms. The van der Waals surface area contributed by atoms with Crippen molar-refractivity contribution in [2.45, 2.75) is 0 Å². The minimum atomic E-state index is 0.130. The molecule has 5 heteroatoms. The molecule has 18 heavy (non-hydrogen) atoms. The van der Waals surface area contributed by atoms with E-state index >= 15 is 0 Å². The Morgan fingerprint density at radius 3 is 2.72 bits per heavy atom. The third-order valence-corrected chi connectivity index (χ3v) is 2.72. The van der Waals surface area contributed by atoms with Gasteiger partial charge in [-0.15, -0.1) is 0 Å². The first-order valence-electron chi connectivity index (χ1n) is 5.39. The molecule has 0 saturated carbocycles. The fraction of sp³-hybridized carbons (Fsp3) is 0. The maximum absolute atomic E-state index is 9.43. The van der Waals surface area contributed by atoms with E-state index in [0.717, 1.165) is 22.0 Å². The predicted molar refractivity (Wildman–Crippen MR) is 68.8 cm³/mol. The van der Waals surface area contributed by atoms with Crippen molar-refractivity contribution in [3.63, 3.8) is 0 Å². The Balaban J connectivity index is 2.22. The fourth-order valence-corrected chi connectivity index (χ4v) is 1.84. The maximum Gasteiger partial charge on any atom is 0.134 e. The molecule has 0 radical (unpaired) electrons. The molecule has 2 aromatic heterocycles. The smallest absolute Gasteiger partial charge is 0.134 e. The lowest BCUT2D eigenvalue weighted by Crippen LogP contribution is -1.93. The van der Waals surface area contributed by atoms with Crippen LogP contribution in [0.15, 0.2) is 43.0 Å². The molecule has 0 aliphatic carbocycles. The van der Waals surface area contributed by atoms with Gasteiger partial charge in [0.2, 0.25) is 0 Å². The summed E-state index contributed by atoms with van der Waals surface area (Å²) in [6.07, 6.45) is 4.51. The molecule has 0 unspecified atom stereocenters. The standard InChI is InChI=1S/C13H10N4O/c14-13-11-4-8(1-2-12(11)16-7-17-13)9-3-10(18)6-15-5-9/h1-7,18H,(H2,14,16,17). The fourth-order valence-electron chi connectivity index (χ4n) is 1.84. The molecule has 0 atom stereocenters. The number of fused-ring (bicyclic) bond motifs is 1. The van der Waals surface area contributed by atoms with E-state index in [1.807, 2.05) is 18.2 Å². The van der Waals surface area contributed by atoms with Gasteiger partial charge in [0.1, 0.15) is 17.9 Å². The number of hydrogen-bond donors (Lipinski definition) is 2. The Morgan fingerprint density at radius 2 is 1.89 bits per heavy atom. The summed E-state index contributed by atoms with van der Waals surface area (Å²) in [6, 6.07) is 7.31.